The van der Waals surface area contributed by atoms with E-state index >= 15 is 0 Å². The van der Waals surface area contributed by atoms with Crippen molar-refractivity contribution < 1.29 is 4.74 Å². The third-order valence-electron chi connectivity index (χ3n) is 1.43. The van der Waals surface area contributed by atoms with Gasteiger partial charge in [0, 0.05) is 0 Å². The van der Waals surface area contributed by atoms with E-state index in [1.807, 2.05) is 13.8 Å². The quantitative estimate of drug-likeness (QED) is 0.539. The number of hydrogen-bond donors (Lipinski definition) is 0. The molecule has 0 unspecified atom stereocenters. The van der Waals surface area contributed by atoms with Crippen LogP contribution in [0.25, 0.3) is 0 Å². The molecule has 0 saturated heterocycles. The van der Waals surface area contributed by atoms with Crippen LogP contribution < -0.4 is 4.74 Å². The summed E-state index contributed by atoms with van der Waals surface area (Å²) in [5.41, 5.74) is 0. The summed E-state index contributed by atoms with van der Waals surface area (Å²) in [6, 6.07) is 1.51. The monoisotopic (exact) mass is 272 g/mol. The van der Waals surface area contributed by atoms with Crippen molar-refractivity contribution in [2.75, 3.05) is 0 Å². The predicted molar refractivity (Wildman–Crippen MR) is 62.2 cm³/mol. The Morgan fingerprint density at radius 1 is 1.00 bits per heavy atom. The minimum Gasteiger partial charge on any atom is -0.488 e. The van der Waals surface area contributed by atoms with E-state index in [2.05, 4.69) is 0 Å². The first-order valence-electron chi connectivity index (χ1n) is 3.93. The van der Waals surface area contributed by atoms with Gasteiger partial charge >= 0.3 is 0 Å². The fraction of sp³-hybridized carbons (Fsp3) is 0.333. The molecule has 5 heteroatoms. The van der Waals surface area contributed by atoms with Gasteiger partial charge in [-0.3, -0.25) is 0 Å². The van der Waals surface area contributed by atoms with E-state index in [4.69, 9.17) is 51.1 Å². The maximum absolute atomic E-state index is 5.92. The van der Waals surface area contributed by atoms with Crippen LogP contribution in [0.4, 0.5) is 0 Å². The van der Waals surface area contributed by atoms with Crippen LogP contribution in [0, 0.1) is 0 Å². The second-order valence-corrected chi connectivity index (χ2v) is 4.53. The molecule has 0 fully saturated rings. The predicted octanol–water partition coefficient (Wildman–Crippen LogP) is 5.09. The van der Waals surface area contributed by atoms with Gasteiger partial charge in [-0.25, -0.2) is 0 Å². The fourth-order valence-corrected chi connectivity index (χ4v) is 1.89. The summed E-state index contributed by atoms with van der Waals surface area (Å²) >= 11 is 23.4. The van der Waals surface area contributed by atoms with Gasteiger partial charge in [0.05, 0.1) is 21.2 Å². The Morgan fingerprint density at radius 3 is 2.07 bits per heavy atom. The normalized spacial score (nSPS) is 10.8. The molecule has 0 spiro atoms. The fourth-order valence-electron chi connectivity index (χ4n) is 0.893. The number of rotatable bonds is 2. The molecule has 0 aliphatic carbocycles. The van der Waals surface area contributed by atoms with Gasteiger partial charge in [0.25, 0.3) is 0 Å². The van der Waals surface area contributed by atoms with E-state index in [0.29, 0.717) is 15.8 Å². The Morgan fingerprint density at radius 2 is 1.57 bits per heavy atom. The molecule has 1 aromatic carbocycles. The molecule has 0 amide bonds. The standard InChI is InChI=1S/C9H8Cl4O/c1-4(2)14-9-6(11)3-5(10)7(12)8(9)13/h3-4H,1-2H3. The van der Waals surface area contributed by atoms with Crippen LogP contribution in [-0.2, 0) is 0 Å². The number of benzene rings is 1. The average Bonchev–Trinajstić information content (AvgIpc) is 2.09. The zero-order valence-electron chi connectivity index (χ0n) is 7.57. The third-order valence-corrected chi connectivity index (χ3v) is 2.95. The SMILES string of the molecule is CC(C)Oc1c(Cl)cc(Cl)c(Cl)c1Cl. The van der Waals surface area contributed by atoms with Crippen molar-refractivity contribution in [3.63, 3.8) is 0 Å². The molecular weight excluding hydrogens is 266 g/mol. The van der Waals surface area contributed by atoms with E-state index in [9.17, 15) is 0 Å². The first-order chi connectivity index (χ1) is 6.43. The lowest BCUT2D eigenvalue weighted by Gasteiger charge is -2.14. The Bertz CT molecular complexity index is 349. The highest BCUT2D eigenvalue weighted by Crippen LogP contribution is 2.42. The molecule has 0 aliphatic rings. The summed E-state index contributed by atoms with van der Waals surface area (Å²) in [4.78, 5) is 0. The molecule has 0 N–H and O–H groups in total. The molecular formula is C9H8Cl4O. The van der Waals surface area contributed by atoms with Crippen LogP contribution >= 0.6 is 46.4 Å². The molecule has 1 nitrogen and oxygen atoms in total. The Balaban J connectivity index is 3.22. The highest BCUT2D eigenvalue weighted by molar-refractivity contribution is 6.50. The van der Waals surface area contributed by atoms with Crippen LogP contribution in [0.3, 0.4) is 0 Å². The van der Waals surface area contributed by atoms with Crippen molar-refractivity contribution in [1.29, 1.82) is 0 Å². The zero-order valence-corrected chi connectivity index (χ0v) is 10.6. The topological polar surface area (TPSA) is 9.23 Å². The molecule has 0 atom stereocenters. The Hall–Kier alpha value is 0.180. The smallest absolute Gasteiger partial charge is 0.158 e. The van der Waals surface area contributed by atoms with Crippen molar-refractivity contribution in [2.24, 2.45) is 0 Å². The molecule has 78 valence electrons. The summed E-state index contributed by atoms with van der Waals surface area (Å²) in [5.74, 6) is 0.373. The van der Waals surface area contributed by atoms with Gasteiger partial charge in [0.1, 0.15) is 5.02 Å². The highest BCUT2D eigenvalue weighted by atomic mass is 35.5. The summed E-state index contributed by atoms with van der Waals surface area (Å²) in [6.45, 7) is 3.74. The van der Waals surface area contributed by atoms with Crippen LogP contribution in [0.5, 0.6) is 5.75 Å². The van der Waals surface area contributed by atoms with Crippen molar-refractivity contribution in [3.05, 3.63) is 26.2 Å². The van der Waals surface area contributed by atoms with Gasteiger partial charge in [0.15, 0.2) is 5.75 Å². The summed E-state index contributed by atoms with van der Waals surface area (Å²) in [7, 11) is 0. The maximum atomic E-state index is 5.92. The van der Waals surface area contributed by atoms with Crippen LogP contribution in [-0.4, -0.2) is 6.10 Å². The molecule has 14 heavy (non-hydrogen) atoms. The van der Waals surface area contributed by atoms with Crippen LogP contribution in [0.2, 0.25) is 20.1 Å². The lowest BCUT2D eigenvalue weighted by atomic mass is 10.3. The van der Waals surface area contributed by atoms with Crippen molar-refractivity contribution >= 4 is 46.4 Å². The summed E-state index contributed by atoms with van der Waals surface area (Å²) in [5, 5.41) is 1.18. The number of ether oxygens (including phenoxy) is 1. The Labute approximate surface area is 103 Å². The van der Waals surface area contributed by atoms with Gasteiger partial charge in [-0.2, -0.15) is 0 Å². The van der Waals surface area contributed by atoms with Gasteiger partial charge in [-0.15, -0.1) is 0 Å². The highest BCUT2D eigenvalue weighted by Gasteiger charge is 2.15. The van der Waals surface area contributed by atoms with E-state index in [1.165, 1.54) is 6.07 Å². The van der Waals surface area contributed by atoms with Crippen LogP contribution in [0.1, 0.15) is 13.8 Å². The second kappa shape index (κ2) is 4.80. The van der Waals surface area contributed by atoms with E-state index < -0.39 is 0 Å². The lowest BCUT2D eigenvalue weighted by molar-refractivity contribution is 0.243. The minimum absolute atomic E-state index is 0.0257. The minimum atomic E-state index is -0.0257. The van der Waals surface area contributed by atoms with E-state index in [-0.39, 0.29) is 16.1 Å². The summed E-state index contributed by atoms with van der Waals surface area (Å²) in [6.07, 6.45) is -0.0257. The van der Waals surface area contributed by atoms with Gasteiger partial charge < -0.3 is 4.74 Å². The molecule has 1 rings (SSSR count). The van der Waals surface area contributed by atoms with Gasteiger partial charge in [-0.1, -0.05) is 46.4 Å². The number of halogens is 4. The maximum Gasteiger partial charge on any atom is 0.158 e. The number of hydrogen-bond acceptors (Lipinski definition) is 1. The first kappa shape index (κ1) is 12.3. The molecule has 0 aromatic heterocycles. The zero-order chi connectivity index (χ0) is 10.9. The van der Waals surface area contributed by atoms with Crippen molar-refractivity contribution in [1.82, 2.24) is 0 Å². The largest absolute Gasteiger partial charge is 0.488 e. The van der Waals surface area contributed by atoms with Crippen molar-refractivity contribution in [2.45, 2.75) is 20.0 Å². The van der Waals surface area contributed by atoms with Crippen molar-refractivity contribution in [3.8, 4) is 5.75 Å². The molecule has 0 aliphatic heterocycles. The third kappa shape index (κ3) is 2.60. The molecule has 0 radical (unpaired) electrons. The molecule has 1 aromatic rings. The second-order valence-electron chi connectivity index (χ2n) is 2.96. The van der Waals surface area contributed by atoms with Gasteiger partial charge in [0.2, 0.25) is 0 Å². The molecule has 0 saturated carbocycles. The first-order valence-corrected chi connectivity index (χ1v) is 5.44. The molecule has 0 bridgehead atoms. The van der Waals surface area contributed by atoms with Gasteiger partial charge in [-0.05, 0) is 19.9 Å². The summed E-state index contributed by atoms with van der Waals surface area (Å²) < 4.78 is 5.40. The lowest BCUT2D eigenvalue weighted by Crippen LogP contribution is -2.06. The average molecular weight is 274 g/mol. The Kier molecular flexibility index (Phi) is 4.20. The molecule has 0 heterocycles. The van der Waals surface area contributed by atoms with E-state index in [1.54, 1.807) is 0 Å². The van der Waals surface area contributed by atoms with E-state index in [0.717, 1.165) is 0 Å². The van der Waals surface area contributed by atoms with Crippen LogP contribution in [0.15, 0.2) is 6.07 Å².